The number of hydrogen-bond acceptors (Lipinski definition) is 2. The van der Waals surface area contributed by atoms with Crippen molar-refractivity contribution in [1.82, 2.24) is 0 Å². The van der Waals surface area contributed by atoms with Gasteiger partial charge < -0.3 is 10.1 Å². The first-order valence-electron chi connectivity index (χ1n) is 11.5. The third kappa shape index (κ3) is 4.23. The smallest absolute Gasteiger partial charge is 0.228 e. The van der Waals surface area contributed by atoms with E-state index in [4.69, 9.17) is 4.74 Å². The number of rotatable bonds is 7. The molecule has 0 spiro atoms. The zero-order chi connectivity index (χ0) is 23.5. The molecule has 1 N–H and O–H groups in total. The van der Waals surface area contributed by atoms with Crippen LogP contribution in [0.25, 0.3) is 32.7 Å². The van der Waals surface area contributed by atoms with Crippen LogP contribution in [0.2, 0.25) is 0 Å². The molecule has 1 amide bonds. The van der Waals surface area contributed by atoms with Gasteiger partial charge in [-0.1, -0.05) is 86.7 Å². The van der Waals surface area contributed by atoms with Crippen molar-refractivity contribution in [1.29, 1.82) is 0 Å². The lowest BCUT2D eigenvalue weighted by Gasteiger charge is -2.24. The molecule has 0 saturated heterocycles. The first-order valence-corrected chi connectivity index (χ1v) is 11.5. The predicted octanol–water partition coefficient (Wildman–Crippen LogP) is 7.85. The molecule has 0 fully saturated rings. The summed E-state index contributed by atoms with van der Waals surface area (Å²) >= 11 is 0. The molecule has 0 bridgehead atoms. The molecule has 3 nitrogen and oxygen atoms in total. The fourth-order valence-electron chi connectivity index (χ4n) is 4.66. The minimum atomic E-state index is -0.142. The molecule has 0 aliphatic rings. The number of carbonyl (C=O) groups is 1. The van der Waals surface area contributed by atoms with E-state index < -0.39 is 0 Å². The fourth-order valence-corrected chi connectivity index (χ4v) is 4.66. The number of carbonyl (C=O) groups excluding carboxylic acids is 1. The van der Waals surface area contributed by atoms with Crippen LogP contribution in [0.15, 0.2) is 84.9 Å². The van der Waals surface area contributed by atoms with Crippen molar-refractivity contribution in [2.75, 3.05) is 12.4 Å². The highest BCUT2D eigenvalue weighted by molar-refractivity contribution is 6.13. The average Bonchev–Trinajstić information content (AvgIpc) is 2.83. The second-order valence-electron chi connectivity index (χ2n) is 8.71. The molecule has 0 saturated carbocycles. The summed E-state index contributed by atoms with van der Waals surface area (Å²) in [5.74, 6) is 0.758. The highest BCUT2D eigenvalue weighted by atomic mass is 16.5. The van der Waals surface area contributed by atoms with Gasteiger partial charge in [0.25, 0.3) is 0 Å². The zero-order valence-corrected chi connectivity index (χ0v) is 19.8. The molecule has 4 rings (SSSR count). The van der Waals surface area contributed by atoms with E-state index in [2.05, 4.69) is 62.1 Å². The molecular formula is C30H31NO2. The van der Waals surface area contributed by atoms with Gasteiger partial charge in [-0.25, -0.2) is 0 Å². The maximum atomic E-state index is 13.4. The molecule has 0 aromatic heterocycles. The van der Waals surface area contributed by atoms with Crippen molar-refractivity contribution in [2.24, 2.45) is 11.8 Å². The SMILES string of the molecule is C=C(C)[C@H](C)[C@H](CC)C(=O)Nc1ccc2ccccc2c1-c1c(OC)ccc2ccccc12. The Morgan fingerprint density at radius 3 is 2.06 bits per heavy atom. The van der Waals surface area contributed by atoms with Gasteiger partial charge in [0.05, 0.1) is 7.11 Å². The minimum Gasteiger partial charge on any atom is -0.496 e. The molecule has 33 heavy (non-hydrogen) atoms. The molecule has 0 radical (unpaired) electrons. The summed E-state index contributed by atoms with van der Waals surface area (Å²) < 4.78 is 5.83. The lowest BCUT2D eigenvalue weighted by Crippen LogP contribution is -2.28. The van der Waals surface area contributed by atoms with Crippen LogP contribution >= 0.6 is 0 Å². The van der Waals surface area contributed by atoms with Crippen molar-refractivity contribution in [3.8, 4) is 16.9 Å². The van der Waals surface area contributed by atoms with Crippen LogP contribution in [-0.4, -0.2) is 13.0 Å². The molecule has 0 aliphatic heterocycles. The Bertz CT molecular complexity index is 1340. The van der Waals surface area contributed by atoms with Crippen LogP contribution in [0.4, 0.5) is 5.69 Å². The highest BCUT2D eigenvalue weighted by Gasteiger charge is 2.26. The maximum absolute atomic E-state index is 13.4. The largest absolute Gasteiger partial charge is 0.496 e. The number of methoxy groups -OCH3 is 1. The Kier molecular flexibility index (Phi) is 6.50. The number of hydrogen-bond donors (Lipinski definition) is 1. The van der Waals surface area contributed by atoms with Gasteiger partial charge in [0.1, 0.15) is 5.75 Å². The molecule has 168 valence electrons. The van der Waals surface area contributed by atoms with Crippen LogP contribution in [0.1, 0.15) is 27.2 Å². The number of ether oxygens (including phenoxy) is 1. The standard InChI is InChI=1S/C30H31NO2/c1-6-23(20(4)19(2)3)30(32)31-26-17-15-21-11-7-9-13-24(21)28(26)29-25-14-10-8-12-22(25)16-18-27(29)33-5/h7-18,20,23H,2,6H2,1,3-5H3,(H,31,32)/t20-,23-/m0/s1. The number of benzene rings is 4. The van der Waals surface area contributed by atoms with Gasteiger partial charge in [-0.3, -0.25) is 4.79 Å². The van der Waals surface area contributed by atoms with E-state index in [1.165, 1.54) is 0 Å². The molecule has 4 aromatic carbocycles. The van der Waals surface area contributed by atoms with E-state index in [0.717, 1.165) is 56.1 Å². The van der Waals surface area contributed by atoms with Crippen LogP contribution in [0, 0.1) is 11.8 Å². The van der Waals surface area contributed by atoms with Gasteiger partial charge in [0, 0.05) is 22.7 Å². The van der Waals surface area contributed by atoms with Crippen molar-refractivity contribution in [3.05, 3.63) is 84.9 Å². The summed E-state index contributed by atoms with van der Waals surface area (Å²) in [7, 11) is 1.69. The molecule has 0 unspecified atom stereocenters. The molecule has 0 heterocycles. The van der Waals surface area contributed by atoms with E-state index >= 15 is 0 Å². The van der Waals surface area contributed by atoms with Crippen LogP contribution in [-0.2, 0) is 4.79 Å². The second-order valence-corrected chi connectivity index (χ2v) is 8.71. The molecule has 4 aromatic rings. The van der Waals surface area contributed by atoms with Gasteiger partial charge in [-0.2, -0.15) is 0 Å². The number of allylic oxidation sites excluding steroid dienone is 1. The summed E-state index contributed by atoms with van der Waals surface area (Å²) in [6.45, 7) is 10.2. The minimum absolute atomic E-state index is 0.0173. The van der Waals surface area contributed by atoms with Gasteiger partial charge in [0.15, 0.2) is 0 Å². The topological polar surface area (TPSA) is 38.3 Å². The third-order valence-electron chi connectivity index (χ3n) is 6.71. The molecule has 2 atom stereocenters. The average molecular weight is 438 g/mol. The summed E-state index contributed by atoms with van der Waals surface area (Å²) in [5, 5.41) is 7.67. The second kappa shape index (κ2) is 9.50. The first-order chi connectivity index (χ1) is 16.0. The summed E-state index contributed by atoms with van der Waals surface area (Å²) in [6, 6.07) is 24.7. The van der Waals surface area contributed by atoms with Crippen molar-refractivity contribution >= 4 is 33.1 Å². The monoisotopic (exact) mass is 437 g/mol. The lowest BCUT2D eigenvalue weighted by atomic mass is 9.85. The maximum Gasteiger partial charge on any atom is 0.228 e. The van der Waals surface area contributed by atoms with Gasteiger partial charge in [-0.05, 0) is 52.9 Å². The van der Waals surface area contributed by atoms with Crippen LogP contribution in [0.5, 0.6) is 5.75 Å². The third-order valence-corrected chi connectivity index (χ3v) is 6.71. The Morgan fingerprint density at radius 1 is 0.909 bits per heavy atom. The zero-order valence-electron chi connectivity index (χ0n) is 19.8. The normalized spacial score (nSPS) is 13.0. The quantitative estimate of drug-likeness (QED) is 0.299. The van der Waals surface area contributed by atoms with Crippen molar-refractivity contribution in [2.45, 2.75) is 27.2 Å². The van der Waals surface area contributed by atoms with E-state index in [9.17, 15) is 4.79 Å². The Morgan fingerprint density at radius 2 is 1.48 bits per heavy atom. The Hall–Kier alpha value is -3.59. The number of fused-ring (bicyclic) bond motifs is 2. The Labute approximate surface area is 196 Å². The predicted molar refractivity (Wildman–Crippen MR) is 140 cm³/mol. The highest BCUT2D eigenvalue weighted by Crippen LogP contribution is 2.44. The van der Waals surface area contributed by atoms with Gasteiger partial charge >= 0.3 is 0 Å². The van der Waals surface area contributed by atoms with E-state index in [-0.39, 0.29) is 17.7 Å². The van der Waals surface area contributed by atoms with Crippen molar-refractivity contribution < 1.29 is 9.53 Å². The van der Waals surface area contributed by atoms with Gasteiger partial charge in [0.2, 0.25) is 5.91 Å². The van der Waals surface area contributed by atoms with E-state index in [0.29, 0.717) is 0 Å². The van der Waals surface area contributed by atoms with Crippen LogP contribution in [0.3, 0.4) is 0 Å². The number of anilines is 1. The molecule has 0 aliphatic carbocycles. The molecular weight excluding hydrogens is 406 g/mol. The summed E-state index contributed by atoms with van der Waals surface area (Å²) in [6.07, 6.45) is 0.750. The van der Waals surface area contributed by atoms with E-state index in [1.807, 2.05) is 43.3 Å². The summed E-state index contributed by atoms with van der Waals surface area (Å²) in [5.41, 5.74) is 3.78. The number of nitrogens with one attached hydrogen (secondary N) is 1. The Balaban J connectivity index is 1.96. The summed E-state index contributed by atoms with van der Waals surface area (Å²) in [4.78, 5) is 13.4. The number of amides is 1. The van der Waals surface area contributed by atoms with Crippen molar-refractivity contribution in [3.63, 3.8) is 0 Å². The first kappa shape index (κ1) is 22.6. The fraction of sp³-hybridized carbons (Fsp3) is 0.233. The van der Waals surface area contributed by atoms with Gasteiger partial charge in [-0.15, -0.1) is 0 Å². The molecule has 3 heteroatoms. The lowest BCUT2D eigenvalue weighted by molar-refractivity contribution is -0.121. The van der Waals surface area contributed by atoms with E-state index in [1.54, 1.807) is 7.11 Å². The van der Waals surface area contributed by atoms with Crippen LogP contribution < -0.4 is 10.1 Å².